The number of nitrogens with zero attached hydrogens (tertiary/aromatic N) is 1. The summed E-state index contributed by atoms with van der Waals surface area (Å²) in [5.41, 5.74) is 15.9. The molecule has 3 aromatic rings. The molecule has 0 spiro atoms. The van der Waals surface area contributed by atoms with Crippen LogP contribution in [-0.4, -0.2) is 22.4 Å². The fourth-order valence-electron chi connectivity index (χ4n) is 3.97. The Labute approximate surface area is 205 Å². The number of rotatable bonds is 10. The molecule has 0 fully saturated rings. The highest BCUT2D eigenvalue weighted by Gasteiger charge is 2.20. The van der Waals surface area contributed by atoms with Crippen molar-refractivity contribution < 1.29 is 4.79 Å². The number of aromatic nitrogens is 1. The highest BCUT2D eigenvalue weighted by atomic mass is 16.1. The van der Waals surface area contributed by atoms with Crippen LogP contribution in [0.4, 0.5) is 11.4 Å². The molecule has 0 aliphatic carbocycles. The Morgan fingerprint density at radius 1 is 1.14 bits per heavy atom. The Kier molecular flexibility index (Phi) is 8.30. The maximum absolute atomic E-state index is 13.5. The fraction of sp³-hybridized carbons (Fsp3) is 0.296. The minimum absolute atomic E-state index is 0.00656. The SMILES string of the molecule is CCCn1cc(NC(C)C)c(=O)c(CC(=O)NCc2ccc(C(=N)N)cc2)c1-c1cccc(N)c1. The van der Waals surface area contributed by atoms with Gasteiger partial charge in [0.1, 0.15) is 5.84 Å². The van der Waals surface area contributed by atoms with Gasteiger partial charge in [-0.15, -0.1) is 0 Å². The molecule has 1 heterocycles. The minimum atomic E-state index is -0.257. The molecular weight excluding hydrogens is 440 g/mol. The summed E-state index contributed by atoms with van der Waals surface area (Å²) in [6.45, 7) is 7.00. The summed E-state index contributed by atoms with van der Waals surface area (Å²) in [6, 6.07) is 14.6. The minimum Gasteiger partial charge on any atom is -0.399 e. The maximum atomic E-state index is 13.5. The quantitative estimate of drug-likeness (QED) is 0.174. The number of pyridine rings is 1. The van der Waals surface area contributed by atoms with Crippen molar-refractivity contribution in [3.63, 3.8) is 0 Å². The lowest BCUT2D eigenvalue weighted by molar-refractivity contribution is -0.120. The van der Waals surface area contributed by atoms with Gasteiger partial charge in [0.15, 0.2) is 0 Å². The Morgan fingerprint density at radius 2 is 1.86 bits per heavy atom. The lowest BCUT2D eigenvalue weighted by Gasteiger charge is -2.21. The summed E-state index contributed by atoms with van der Waals surface area (Å²) in [6.07, 6.45) is 2.63. The molecule has 0 saturated carbocycles. The number of carbonyl (C=O) groups excluding carboxylic acids is 1. The van der Waals surface area contributed by atoms with Crippen LogP contribution >= 0.6 is 0 Å². The van der Waals surface area contributed by atoms with E-state index in [9.17, 15) is 9.59 Å². The van der Waals surface area contributed by atoms with E-state index < -0.39 is 0 Å². The van der Waals surface area contributed by atoms with E-state index in [4.69, 9.17) is 16.9 Å². The van der Waals surface area contributed by atoms with Crippen molar-refractivity contribution in [2.45, 2.75) is 52.7 Å². The number of amidine groups is 1. The van der Waals surface area contributed by atoms with Gasteiger partial charge >= 0.3 is 0 Å². The van der Waals surface area contributed by atoms with Crippen LogP contribution in [0.2, 0.25) is 0 Å². The van der Waals surface area contributed by atoms with E-state index >= 15 is 0 Å². The molecule has 0 bridgehead atoms. The number of anilines is 2. The normalized spacial score (nSPS) is 10.9. The van der Waals surface area contributed by atoms with Gasteiger partial charge in [-0.25, -0.2) is 0 Å². The first kappa shape index (κ1) is 25.6. The molecule has 7 N–H and O–H groups in total. The van der Waals surface area contributed by atoms with Gasteiger partial charge in [-0.3, -0.25) is 15.0 Å². The van der Waals surface area contributed by atoms with E-state index in [1.165, 1.54) is 0 Å². The molecule has 8 heteroatoms. The van der Waals surface area contributed by atoms with Crippen molar-refractivity contribution in [1.29, 1.82) is 5.41 Å². The molecule has 1 aromatic heterocycles. The van der Waals surface area contributed by atoms with Gasteiger partial charge in [-0.05, 0) is 38.0 Å². The maximum Gasteiger partial charge on any atom is 0.224 e. The van der Waals surface area contributed by atoms with E-state index in [-0.39, 0.29) is 29.6 Å². The van der Waals surface area contributed by atoms with Gasteiger partial charge in [-0.2, -0.15) is 0 Å². The van der Waals surface area contributed by atoms with Gasteiger partial charge in [0.2, 0.25) is 11.3 Å². The first-order valence-electron chi connectivity index (χ1n) is 11.8. The van der Waals surface area contributed by atoms with Crippen molar-refractivity contribution in [3.05, 3.63) is 81.6 Å². The number of aryl methyl sites for hydroxylation is 1. The molecular formula is C27H34N6O2. The van der Waals surface area contributed by atoms with E-state index in [2.05, 4.69) is 17.6 Å². The number of benzene rings is 2. The van der Waals surface area contributed by atoms with Gasteiger partial charge in [-0.1, -0.05) is 43.3 Å². The predicted molar refractivity (Wildman–Crippen MR) is 143 cm³/mol. The molecule has 184 valence electrons. The standard InChI is InChI=1S/C27H34N6O2/c1-4-12-33-16-23(32-17(2)3)26(35)22(25(33)20-6-5-7-21(28)13-20)14-24(34)31-15-18-8-10-19(11-9-18)27(29)30/h5-11,13,16-17,32H,4,12,14-15,28H2,1-3H3,(H3,29,30)(H,31,34). The van der Waals surface area contributed by atoms with Crippen LogP contribution in [0.5, 0.6) is 0 Å². The average Bonchev–Trinajstić information content (AvgIpc) is 2.81. The summed E-state index contributed by atoms with van der Waals surface area (Å²) in [4.78, 5) is 26.5. The third-order valence-electron chi connectivity index (χ3n) is 5.54. The lowest BCUT2D eigenvalue weighted by atomic mass is 10.00. The van der Waals surface area contributed by atoms with Crippen molar-refractivity contribution in [1.82, 2.24) is 9.88 Å². The van der Waals surface area contributed by atoms with Crippen molar-refractivity contribution in [3.8, 4) is 11.3 Å². The third kappa shape index (κ3) is 6.50. The number of hydrogen-bond donors (Lipinski definition) is 5. The summed E-state index contributed by atoms with van der Waals surface area (Å²) in [7, 11) is 0. The largest absolute Gasteiger partial charge is 0.399 e. The van der Waals surface area contributed by atoms with Crippen molar-refractivity contribution in [2.75, 3.05) is 11.1 Å². The van der Waals surface area contributed by atoms with Crippen LogP contribution < -0.4 is 27.5 Å². The second-order valence-corrected chi connectivity index (χ2v) is 8.88. The van der Waals surface area contributed by atoms with Crippen molar-refractivity contribution in [2.24, 2.45) is 5.73 Å². The summed E-state index contributed by atoms with van der Waals surface area (Å²) in [5.74, 6) is -0.263. The summed E-state index contributed by atoms with van der Waals surface area (Å²) in [5, 5.41) is 13.6. The van der Waals surface area contributed by atoms with E-state index in [1.807, 2.05) is 54.9 Å². The first-order chi connectivity index (χ1) is 16.7. The lowest BCUT2D eigenvalue weighted by Crippen LogP contribution is -2.30. The summed E-state index contributed by atoms with van der Waals surface area (Å²) < 4.78 is 2.03. The van der Waals surface area contributed by atoms with Crippen molar-refractivity contribution >= 4 is 23.1 Å². The summed E-state index contributed by atoms with van der Waals surface area (Å²) >= 11 is 0. The Bertz CT molecular complexity index is 1260. The molecule has 0 aliphatic heterocycles. The molecule has 0 radical (unpaired) electrons. The van der Waals surface area contributed by atoms with E-state index in [1.54, 1.807) is 18.2 Å². The Morgan fingerprint density at radius 3 is 2.46 bits per heavy atom. The number of nitrogens with two attached hydrogens (primary N) is 2. The predicted octanol–water partition coefficient (Wildman–Crippen LogP) is 3.47. The number of nitrogens with one attached hydrogen (secondary N) is 3. The van der Waals surface area contributed by atoms with E-state index in [0.717, 1.165) is 17.5 Å². The molecule has 8 nitrogen and oxygen atoms in total. The Hall–Kier alpha value is -4.07. The number of carbonyl (C=O) groups is 1. The molecule has 0 aliphatic rings. The van der Waals surface area contributed by atoms with Crippen LogP contribution in [0.1, 0.15) is 43.9 Å². The van der Waals surface area contributed by atoms with Crippen LogP contribution in [0.25, 0.3) is 11.3 Å². The van der Waals surface area contributed by atoms with Crippen LogP contribution in [0, 0.1) is 5.41 Å². The molecule has 3 rings (SSSR count). The zero-order chi connectivity index (χ0) is 25.5. The molecule has 35 heavy (non-hydrogen) atoms. The van der Waals surface area contributed by atoms with E-state index in [0.29, 0.717) is 41.3 Å². The topological polar surface area (TPSA) is 139 Å². The van der Waals surface area contributed by atoms with Gasteiger partial charge in [0.25, 0.3) is 0 Å². The Balaban J connectivity index is 1.97. The smallest absolute Gasteiger partial charge is 0.224 e. The zero-order valence-electron chi connectivity index (χ0n) is 20.5. The second kappa shape index (κ2) is 11.4. The van der Waals surface area contributed by atoms with Gasteiger partial charge in [0, 0.05) is 47.7 Å². The van der Waals surface area contributed by atoms with Crippen LogP contribution in [0.3, 0.4) is 0 Å². The molecule has 2 aromatic carbocycles. The first-order valence-corrected chi connectivity index (χ1v) is 11.8. The average molecular weight is 475 g/mol. The van der Waals surface area contributed by atoms with Gasteiger partial charge < -0.3 is 26.7 Å². The van der Waals surface area contributed by atoms with Crippen LogP contribution in [0.15, 0.2) is 59.5 Å². The van der Waals surface area contributed by atoms with Crippen LogP contribution in [-0.2, 0) is 24.3 Å². The highest BCUT2D eigenvalue weighted by molar-refractivity contribution is 5.94. The van der Waals surface area contributed by atoms with Gasteiger partial charge in [0.05, 0.1) is 17.8 Å². The molecule has 0 unspecified atom stereocenters. The number of amides is 1. The monoisotopic (exact) mass is 474 g/mol. The fourth-order valence-corrected chi connectivity index (χ4v) is 3.97. The number of hydrogen-bond acceptors (Lipinski definition) is 5. The molecule has 1 amide bonds. The third-order valence-corrected chi connectivity index (χ3v) is 5.54. The number of nitrogen functional groups attached to an aromatic ring is 2. The molecule has 0 atom stereocenters. The molecule has 0 saturated heterocycles. The zero-order valence-corrected chi connectivity index (χ0v) is 20.5. The second-order valence-electron chi connectivity index (χ2n) is 8.88. The highest BCUT2D eigenvalue weighted by Crippen LogP contribution is 2.26.